The molecular weight excluding hydrogens is 226 g/mol. The van der Waals surface area contributed by atoms with Crippen LogP contribution in [0.2, 0.25) is 0 Å². The summed E-state index contributed by atoms with van der Waals surface area (Å²) >= 11 is 0. The molecule has 1 rings (SSSR count). The highest BCUT2D eigenvalue weighted by Gasteiger charge is 2.28. The van der Waals surface area contributed by atoms with Crippen LogP contribution in [-0.4, -0.2) is 24.2 Å². The van der Waals surface area contributed by atoms with Crippen LogP contribution in [0.4, 0.5) is 5.69 Å². The Balaban J connectivity index is 3.06. The highest BCUT2D eigenvalue weighted by Crippen LogP contribution is 2.28. The number of anilines is 1. The first-order chi connectivity index (χ1) is 8.42. The van der Waals surface area contributed by atoms with Gasteiger partial charge in [0.1, 0.15) is 0 Å². The highest BCUT2D eigenvalue weighted by atomic mass is 16.4. The summed E-state index contributed by atoms with van der Waals surface area (Å²) in [7, 11) is 0. The lowest BCUT2D eigenvalue weighted by Gasteiger charge is -2.27. The van der Waals surface area contributed by atoms with Gasteiger partial charge in [0.15, 0.2) is 0 Å². The van der Waals surface area contributed by atoms with Gasteiger partial charge in [0.25, 0.3) is 0 Å². The van der Waals surface area contributed by atoms with Crippen molar-refractivity contribution >= 4 is 11.7 Å². The van der Waals surface area contributed by atoms with E-state index in [2.05, 4.69) is 24.8 Å². The largest absolute Gasteiger partial charge is 0.481 e. The van der Waals surface area contributed by atoms with Crippen molar-refractivity contribution in [1.82, 2.24) is 0 Å². The molecule has 0 heterocycles. The number of hydrogen-bond donors (Lipinski definition) is 1. The van der Waals surface area contributed by atoms with E-state index < -0.39 is 11.4 Å². The SMILES string of the molecule is CCN(CC)c1ccccc1CC(C)(C)C(=O)O. The second kappa shape index (κ2) is 5.89. The van der Waals surface area contributed by atoms with E-state index >= 15 is 0 Å². The van der Waals surface area contributed by atoms with Gasteiger partial charge in [-0.25, -0.2) is 0 Å². The minimum Gasteiger partial charge on any atom is -0.481 e. The van der Waals surface area contributed by atoms with E-state index in [1.54, 1.807) is 13.8 Å². The van der Waals surface area contributed by atoms with Crippen LogP contribution in [0.1, 0.15) is 33.3 Å². The number of para-hydroxylation sites is 1. The summed E-state index contributed by atoms with van der Waals surface area (Å²) in [6.45, 7) is 9.63. The van der Waals surface area contributed by atoms with Gasteiger partial charge >= 0.3 is 5.97 Å². The maximum absolute atomic E-state index is 11.2. The molecule has 1 N–H and O–H groups in total. The Kier molecular flexibility index (Phi) is 4.76. The highest BCUT2D eigenvalue weighted by molar-refractivity contribution is 5.74. The van der Waals surface area contributed by atoms with Crippen molar-refractivity contribution in [3.05, 3.63) is 29.8 Å². The van der Waals surface area contributed by atoms with Crippen LogP contribution >= 0.6 is 0 Å². The fourth-order valence-electron chi connectivity index (χ4n) is 2.08. The first-order valence-electron chi connectivity index (χ1n) is 6.48. The molecule has 0 spiro atoms. The van der Waals surface area contributed by atoms with Gasteiger partial charge in [-0.3, -0.25) is 4.79 Å². The second-order valence-electron chi connectivity index (χ2n) is 5.17. The predicted molar refractivity (Wildman–Crippen MR) is 75.1 cm³/mol. The lowest BCUT2D eigenvalue weighted by Crippen LogP contribution is -2.28. The lowest BCUT2D eigenvalue weighted by atomic mass is 9.85. The summed E-state index contributed by atoms with van der Waals surface area (Å²) in [6, 6.07) is 8.07. The van der Waals surface area contributed by atoms with Gasteiger partial charge in [0, 0.05) is 18.8 Å². The molecule has 0 aliphatic rings. The van der Waals surface area contributed by atoms with Crippen LogP contribution < -0.4 is 4.90 Å². The minimum atomic E-state index is -0.753. The van der Waals surface area contributed by atoms with Gasteiger partial charge in [-0.05, 0) is 45.7 Å². The first-order valence-corrected chi connectivity index (χ1v) is 6.48. The molecule has 3 heteroatoms. The van der Waals surface area contributed by atoms with Crippen LogP contribution in [0, 0.1) is 5.41 Å². The fourth-order valence-corrected chi connectivity index (χ4v) is 2.08. The molecule has 0 amide bonds. The van der Waals surface area contributed by atoms with Crippen LogP contribution in [0.25, 0.3) is 0 Å². The number of benzene rings is 1. The zero-order chi connectivity index (χ0) is 13.8. The third-order valence-electron chi connectivity index (χ3n) is 3.31. The zero-order valence-corrected chi connectivity index (χ0v) is 11.7. The van der Waals surface area contributed by atoms with E-state index in [-0.39, 0.29) is 0 Å². The molecule has 0 aliphatic heterocycles. The van der Waals surface area contributed by atoms with Crippen LogP contribution in [0.15, 0.2) is 24.3 Å². The monoisotopic (exact) mass is 249 g/mol. The van der Waals surface area contributed by atoms with Gasteiger partial charge in [0.05, 0.1) is 5.41 Å². The Morgan fingerprint density at radius 3 is 2.28 bits per heavy atom. The molecule has 1 aromatic carbocycles. The third kappa shape index (κ3) is 3.25. The molecule has 1 aromatic rings. The first kappa shape index (κ1) is 14.6. The molecule has 0 bridgehead atoms. The van der Waals surface area contributed by atoms with Crippen molar-refractivity contribution in [2.24, 2.45) is 5.41 Å². The maximum atomic E-state index is 11.2. The molecule has 0 aliphatic carbocycles. The molecule has 0 aromatic heterocycles. The quantitative estimate of drug-likeness (QED) is 0.841. The fraction of sp³-hybridized carbons (Fsp3) is 0.533. The van der Waals surface area contributed by atoms with Crippen LogP contribution in [0.3, 0.4) is 0 Å². The Bertz CT molecular complexity index is 409. The molecule has 100 valence electrons. The van der Waals surface area contributed by atoms with E-state index in [9.17, 15) is 9.90 Å². The molecule has 0 saturated heterocycles. The van der Waals surface area contributed by atoms with Crippen molar-refractivity contribution in [3.8, 4) is 0 Å². The molecular formula is C15H23NO2. The number of rotatable bonds is 6. The average Bonchev–Trinajstić information content (AvgIpc) is 2.32. The molecule has 3 nitrogen and oxygen atoms in total. The van der Waals surface area contributed by atoms with Crippen molar-refractivity contribution < 1.29 is 9.90 Å². The normalized spacial score (nSPS) is 11.3. The number of nitrogens with zero attached hydrogens (tertiary/aromatic N) is 1. The Morgan fingerprint density at radius 2 is 1.78 bits per heavy atom. The average molecular weight is 249 g/mol. The number of carboxylic acid groups (broad SMARTS) is 1. The molecule has 0 atom stereocenters. The van der Waals surface area contributed by atoms with E-state index in [0.717, 1.165) is 24.3 Å². The number of hydrogen-bond acceptors (Lipinski definition) is 2. The third-order valence-corrected chi connectivity index (χ3v) is 3.31. The van der Waals surface area contributed by atoms with Gasteiger partial charge in [0.2, 0.25) is 0 Å². The van der Waals surface area contributed by atoms with Crippen LogP contribution in [-0.2, 0) is 11.2 Å². The van der Waals surface area contributed by atoms with E-state index in [1.165, 1.54) is 0 Å². The number of carboxylic acids is 1. The van der Waals surface area contributed by atoms with E-state index in [0.29, 0.717) is 6.42 Å². The van der Waals surface area contributed by atoms with Crippen molar-refractivity contribution in [2.75, 3.05) is 18.0 Å². The molecule has 0 saturated carbocycles. The van der Waals surface area contributed by atoms with Gasteiger partial charge in [-0.2, -0.15) is 0 Å². The summed E-state index contributed by atoms with van der Waals surface area (Å²) in [4.78, 5) is 13.5. The molecule has 0 radical (unpaired) electrons. The van der Waals surface area contributed by atoms with Crippen molar-refractivity contribution in [2.45, 2.75) is 34.1 Å². The topological polar surface area (TPSA) is 40.5 Å². The Morgan fingerprint density at radius 1 is 1.22 bits per heavy atom. The summed E-state index contributed by atoms with van der Waals surface area (Å²) in [5.41, 5.74) is 1.52. The molecule has 0 fully saturated rings. The maximum Gasteiger partial charge on any atom is 0.309 e. The van der Waals surface area contributed by atoms with Crippen molar-refractivity contribution in [1.29, 1.82) is 0 Å². The van der Waals surface area contributed by atoms with E-state index in [4.69, 9.17) is 0 Å². The summed E-state index contributed by atoms with van der Waals surface area (Å²) in [6.07, 6.45) is 0.551. The Labute approximate surface area is 109 Å². The smallest absolute Gasteiger partial charge is 0.309 e. The summed E-state index contributed by atoms with van der Waals surface area (Å²) in [5.74, 6) is -0.753. The zero-order valence-electron chi connectivity index (χ0n) is 11.7. The van der Waals surface area contributed by atoms with Crippen LogP contribution in [0.5, 0.6) is 0 Å². The number of carbonyl (C=O) groups is 1. The lowest BCUT2D eigenvalue weighted by molar-refractivity contribution is -0.146. The molecule has 18 heavy (non-hydrogen) atoms. The molecule has 0 unspecified atom stereocenters. The number of aliphatic carboxylic acids is 1. The summed E-state index contributed by atoms with van der Waals surface area (Å²) in [5, 5.41) is 9.23. The van der Waals surface area contributed by atoms with Gasteiger partial charge in [-0.1, -0.05) is 18.2 Å². The minimum absolute atomic E-state index is 0.551. The predicted octanol–water partition coefficient (Wildman–Crippen LogP) is 3.19. The van der Waals surface area contributed by atoms with Gasteiger partial charge in [-0.15, -0.1) is 0 Å². The summed E-state index contributed by atoms with van der Waals surface area (Å²) < 4.78 is 0. The second-order valence-corrected chi connectivity index (χ2v) is 5.17. The van der Waals surface area contributed by atoms with E-state index in [1.807, 2.05) is 18.2 Å². The van der Waals surface area contributed by atoms with Crippen molar-refractivity contribution in [3.63, 3.8) is 0 Å². The van der Waals surface area contributed by atoms with Gasteiger partial charge < -0.3 is 10.0 Å². The standard InChI is InChI=1S/C15H23NO2/c1-5-16(6-2)13-10-8-7-9-12(13)11-15(3,4)14(17)18/h7-10H,5-6,11H2,1-4H3,(H,17,18). The Hall–Kier alpha value is -1.51.